The van der Waals surface area contributed by atoms with Crippen molar-refractivity contribution in [2.45, 2.75) is 33.4 Å². The number of anilines is 1. The first-order valence-electron chi connectivity index (χ1n) is 7.76. The summed E-state index contributed by atoms with van der Waals surface area (Å²) in [4.78, 5) is 24.3. The Morgan fingerprint density at radius 2 is 2.16 bits per heavy atom. The van der Waals surface area contributed by atoms with Crippen molar-refractivity contribution < 1.29 is 18.8 Å². The molecule has 0 unspecified atom stereocenters. The van der Waals surface area contributed by atoms with Gasteiger partial charge in [-0.2, -0.15) is 0 Å². The number of aromatic nitrogens is 4. The lowest BCUT2D eigenvalue weighted by Crippen LogP contribution is -2.30. The summed E-state index contributed by atoms with van der Waals surface area (Å²) in [5, 5.41) is 14.2. The molecule has 0 radical (unpaired) electrons. The van der Waals surface area contributed by atoms with E-state index in [9.17, 15) is 9.59 Å². The molecule has 0 saturated heterocycles. The quantitative estimate of drug-likeness (QED) is 0.704. The van der Waals surface area contributed by atoms with E-state index < -0.39 is 18.0 Å². The van der Waals surface area contributed by atoms with Crippen LogP contribution in [0.2, 0.25) is 0 Å². The predicted octanol–water partition coefficient (Wildman–Crippen LogP) is 1.93. The fraction of sp³-hybridized carbons (Fsp3) is 0.312. The van der Waals surface area contributed by atoms with Crippen LogP contribution >= 0.6 is 0 Å². The normalized spacial score (nSPS) is 12.1. The van der Waals surface area contributed by atoms with Crippen LogP contribution in [0.3, 0.4) is 0 Å². The molecule has 25 heavy (non-hydrogen) atoms. The molecule has 1 amide bonds. The molecular weight excluding hydrogens is 326 g/mol. The number of ether oxygens (including phenoxy) is 1. The topological polar surface area (TPSA) is 112 Å². The van der Waals surface area contributed by atoms with Gasteiger partial charge < -0.3 is 14.6 Å². The van der Waals surface area contributed by atoms with Crippen molar-refractivity contribution in [2.75, 3.05) is 5.32 Å². The summed E-state index contributed by atoms with van der Waals surface area (Å²) in [5.74, 6) is -0.289. The van der Waals surface area contributed by atoms with Crippen molar-refractivity contribution in [3.63, 3.8) is 0 Å². The number of carbonyl (C=O) groups excluding carboxylic acids is 2. The molecule has 2 aromatic heterocycles. The van der Waals surface area contributed by atoms with Gasteiger partial charge in [-0.05, 0) is 39.0 Å². The van der Waals surface area contributed by atoms with Crippen molar-refractivity contribution in [2.24, 2.45) is 0 Å². The molecule has 1 atom stereocenters. The van der Waals surface area contributed by atoms with Crippen LogP contribution < -0.4 is 5.32 Å². The Hall–Kier alpha value is -3.23. The second kappa shape index (κ2) is 6.71. The summed E-state index contributed by atoms with van der Waals surface area (Å²) in [6.07, 6.45) is -0.994. The van der Waals surface area contributed by atoms with Gasteiger partial charge >= 0.3 is 5.97 Å². The molecule has 1 N–H and O–H groups in total. The maximum absolute atomic E-state index is 12.2. The van der Waals surface area contributed by atoms with Crippen LogP contribution in [-0.2, 0) is 16.1 Å². The molecular formula is C16H17N5O4. The molecule has 0 aliphatic carbocycles. The maximum atomic E-state index is 12.2. The lowest BCUT2D eigenvalue weighted by molar-refractivity contribution is -0.123. The van der Waals surface area contributed by atoms with Gasteiger partial charge in [-0.25, -0.2) is 9.48 Å². The zero-order valence-electron chi connectivity index (χ0n) is 14.0. The SMILES string of the molecule is CCn1nnc2cc(C(=O)O[C@H](C)C(=O)Nc3cc(C)on3)ccc21. The van der Waals surface area contributed by atoms with Crippen LogP contribution in [-0.4, -0.2) is 38.1 Å². The number of rotatable bonds is 5. The summed E-state index contributed by atoms with van der Waals surface area (Å²) in [6.45, 7) is 5.81. The highest BCUT2D eigenvalue weighted by Gasteiger charge is 2.20. The summed E-state index contributed by atoms with van der Waals surface area (Å²) < 4.78 is 11.8. The van der Waals surface area contributed by atoms with Gasteiger partial charge in [0, 0.05) is 12.6 Å². The number of nitrogens with one attached hydrogen (secondary N) is 1. The zero-order valence-corrected chi connectivity index (χ0v) is 14.0. The molecule has 9 nitrogen and oxygen atoms in total. The Labute approximate surface area is 142 Å². The molecule has 0 saturated carbocycles. The first-order chi connectivity index (χ1) is 12.0. The number of amides is 1. The van der Waals surface area contributed by atoms with Crippen LogP contribution in [0, 0.1) is 6.92 Å². The number of aryl methyl sites for hydroxylation is 2. The van der Waals surface area contributed by atoms with Crippen LogP contribution in [0.25, 0.3) is 11.0 Å². The predicted molar refractivity (Wildman–Crippen MR) is 87.9 cm³/mol. The molecule has 3 aromatic rings. The van der Waals surface area contributed by atoms with Crippen molar-refractivity contribution in [3.05, 3.63) is 35.6 Å². The van der Waals surface area contributed by atoms with Gasteiger partial charge in [0.25, 0.3) is 5.91 Å². The van der Waals surface area contributed by atoms with Crippen LogP contribution in [0.1, 0.15) is 30.0 Å². The largest absolute Gasteiger partial charge is 0.449 e. The van der Waals surface area contributed by atoms with E-state index in [2.05, 4.69) is 20.8 Å². The van der Waals surface area contributed by atoms with E-state index in [1.165, 1.54) is 6.92 Å². The Morgan fingerprint density at radius 1 is 1.36 bits per heavy atom. The van der Waals surface area contributed by atoms with Gasteiger partial charge in [0.15, 0.2) is 11.9 Å². The summed E-state index contributed by atoms with van der Waals surface area (Å²) in [6, 6.07) is 6.52. The van der Waals surface area contributed by atoms with E-state index in [4.69, 9.17) is 9.26 Å². The molecule has 0 fully saturated rings. The third-order valence-electron chi connectivity index (χ3n) is 3.58. The van der Waals surface area contributed by atoms with Gasteiger partial charge in [-0.1, -0.05) is 10.4 Å². The highest BCUT2D eigenvalue weighted by Crippen LogP contribution is 2.15. The van der Waals surface area contributed by atoms with Crippen molar-refractivity contribution in [1.29, 1.82) is 0 Å². The van der Waals surface area contributed by atoms with Gasteiger partial charge in [-0.3, -0.25) is 4.79 Å². The van der Waals surface area contributed by atoms with Gasteiger partial charge in [0.1, 0.15) is 11.3 Å². The maximum Gasteiger partial charge on any atom is 0.338 e. The number of hydrogen-bond donors (Lipinski definition) is 1. The van der Waals surface area contributed by atoms with Gasteiger partial charge in [0.05, 0.1) is 11.1 Å². The second-order valence-corrected chi connectivity index (χ2v) is 5.47. The molecule has 9 heteroatoms. The van der Waals surface area contributed by atoms with Crippen molar-refractivity contribution in [1.82, 2.24) is 20.2 Å². The molecule has 2 heterocycles. The molecule has 1 aromatic carbocycles. The smallest absolute Gasteiger partial charge is 0.338 e. The van der Waals surface area contributed by atoms with Gasteiger partial charge in [0.2, 0.25) is 0 Å². The second-order valence-electron chi connectivity index (χ2n) is 5.47. The third-order valence-corrected chi connectivity index (χ3v) is 3.58. The molecule has 0 aliphatic heterocycles. The lowest BCUT2D eigenvalue weighted by Gasteiger charge is -2.12. The number of nitrogens with zero attached hydrogens (tertiary/aromatic N) is 4. The van der Waals surface area contributed by atoms with Crippen LogP contribution in [0.15, 0.2) is 28.8 Å². The molecule has 0 aliphatic rings. The number of esters is 1. The minimum Gasteiger partial charge on any atom is -0.449 e. The highest BCUT2D eigenvalue weighted by molar-refractivity contribution is 5.98. The fourth-order valence-electron chi connectivity index (χ4n) is 2.27. The average Bonchev–Trinajstić information content (AvgIpc) is 3.19. The minimum absolute atomic E-state index is 0.267. The Morgan fingerprint density at radius 3 is 2.84 bits per heavy atom. The van der Waals surface area contributed by atoms with Crippen LogP contribution in [0.4, 0.5) is 5.82 Å². The van der Waals surface area contributed by atoms with E-state index >= 15 is 0 Å². The number of hydrogen-bond acceptors (Lipinski definition) is 7. The number of benzene rings is 1. The molecule has 0 spiro atoms. The first kappa shape index (κ1) is 16.6. The number of fused-ring (bicyclic) bond motifs is 1. The Kier molecular flexibility index (Phi) is 4.46. The van der Waals surface area contributed by atoms with E-state index in [0.717, 1.165) is 5.52 Å². The van der Waals surface area contributed by atoms with E-state index in [1.54, 1.807) is 35.9 Å². The average molecular weight is 343 g/mol. The van der Waals surface area contributed by atoms with Crippen molar-refractivity contribution in [3.8, 4) is 0 Å². The lowest BCUT2D eigenvalue weighted by atomic mass is 10.2. The van der Waals surface area contributed by atoms with Gasteiger partial charge in [-0.15, -0.1) is 5.10 Å². The van der Waals surface area contributed by atoms with E-state index in [0.29, 0.717) is 23.4 Å². The summed E-state index contributed by atoms with van der Waals surface area (Å²) >= 11 is 0. The highest BCUT2D eigenvalue weighted by atomic mass is 16.5. The first-order valence-corrected chi connectivity index (χ1v) is 7.76. The zero-order chi connectivity index (χ0) is 18.0. The molecule has 0 bridgehead atoms. The number of carbonyl (C=O) groups is 2. The summed E-state index contributed by atoms with van der Waals surface area (Å²) in [7, 11) is 0. The monoisotopic (exact) mass is 343 g/mol. The van der Waals surface area contributed by atoms with E-state index in [-0.39, 0.29) is 5.82 Å². The molecule has 3 rings (SSSR count). The van der Waals surface area contributed by atoms with E-state index in [1.807, 2.05) is 6.92 Å². The van der Waals surface area contributed by atoms with Crippen LogP contribution in [0.5, 0.6) is 0 Å². The Balaban J connectivity index is 1.67. The Bertz CT molecular complexity index is 930. The third kappa shape index (κ3) is 3.49. The summed E-state index contributed by atoms with van der Waals surface area (Å²) in [5.41, 5.74) is 1.71. The fourth-order valence-corrected chi connectivity index (χ4v) is 2.27. The molecule has 130 valence electrons. The van der Waals surface area contributed by atoms with Crippen molar-refractivity contribution >= 4 is 28.7 Å². The minimum atomic E-state index is -0.994. The standard InChI is InChI=1S/C16H17N5O4/c1-4-21-13-6-5-11(8-12(13)18-20-21)16(23)24-10(3)15(22)17-14-7-9(2)25-19-14/h5-8,10H,4H2,1-3H3,(H,17,19,22)/t10-/m1/s1.